The molecule has 3 N–H and O–H groups in total. The molecule has 1 aliphatic heterocycles. The molecule has 1 unspecified atom stereocenters. The van der Waals surface area contributed by atoms with Crippen molar-refractivity contribution in [3.63, 3.8) is 0 Å². The maximum atomic E-state index is 12.1. The van der Waals surface area contributed by atoms with Crippen molar-refractivity contribution < 1.29 is 14.6 Å². The second-order valence-corrected chi connectivity index (χ2v) is 5.85. The van der Waals surface area contributed by atoms with E-state index in [0.29, 0.717) is 24.5 Å². The number of Topliss-reactive ketones (excluding diaryl/α,β-unsaturated/α-hetero) is 1. The number of benzene rings is 1. The second kappa shape index (κ2) is 5.72. The number of aliphatic hydroxyl groups excluding tert-OH is 1. The van der Waals surface area contributed by atoms with Crippen LogP contribution in [0.1, 0.15) is 6.42 Å². The molecule has 2 heterocycles. The number of ether oxygens (including phenoxy) is 1. The second-order valence-electron chi connectivity index (χ2n) is 5.85. The number of aromatic nitrogens is 1. The number of H-pyrrole nitrogens is 1. The molecule has 1 aromatic carbocycles. The van der Waals surface area contributed by atoms with E-state index in [1.165, 1.54) is 0 Å². The lowest BCUT2D eigenvalue weighted by Crippen LogP contribution is -2.48. The van der Waals surface area contributed by atoms with Gasteiger partial charge in [-0.25, -0.2) is 0 Å². The molecule has 120 valence electrons. The van der Waals surface area contributed by atoms with Gasteiger partial charge in [-0.2, -0.15) is 0 Å². The van der Waals surface area contributed by atoms with Crippen LogP contribution in [0.5, 0.6) is 0 Å². The number of para-hydroxylation sites is 1. The van der Waals surface area contributed by atoms with E-state index in [1.54, 1.807) is 0 Å². The van der Waals surface area contributed by atoms with Crippen LogP contribution in [0.3, 0.4) is 0 Å². The molecule has 0 saturated carbocycles. The van der Waals surface area contributed by atoms with Gasteiger partial charge in [-0.05, 0) is 12.5 Å². The van der Waals surface area contributed by atoms with Crippen molar-refractivity contribution >= 4 is 22.4 Å². The predicted molar refractivity (Wildman–Crippen MR) is 87.0 cm³/mol. The number of carbonyl (C=O) groups is 1. The first kappa shape index (κ1) is 14.3. The van der Waals surface area contributed by atoms with Crippen LogP contribution in [0.2, 0.25) is 0 Å². The van der Waals surface area contributed by atoms with Gasteiger partial charge in [0.15, 0.2) is 6.10 Å². The van der Waals surface area contributed by atoms with Gasteiger partial charge in [-0.1, -0.05) is 18.2 Å². The van der Waals surface area contributed by atoms with Gasteiger partial charge in [0.1, 0.15) is 5.70 Å². The highest BCUT2D eigenvalue weighted by Gasteiger charge is 2.41. The average Bonchev–Trinajstić information content (AvgIpc) is 2.80. The highest BCUT2D eigenvalue weighted by molar-refractivity contribution is 6.11. The largest absolute Gasteiger partial charge is 0.380 e. The number of carbonyl (C=O) groups excluding carboxylic acids is 1. The molecule has 6 heteroatoms. The third-order valence-electron chi connectivity index (χ3n) is 4.42. The van der Waals surface area contributed by atoms with E-state index >= 15 is 0 Å². The molecule has 23 heavy (non-hydrogen) atoms. The number of aliphatic hydroxyl groups is 1. The number of fused-ring (bicyclic) bond motifs is 1. The summed E-state index contributed by atoms with van der Waals surface area (Å²) in [6.07, 6.45) is 1.71. The summed E-state index contributed by atoms with van der Waals surface area (Å²) in [5, 5.41) is 14.3. The summed E-state index contributed by atoms with van der Waals surface area (Å²) < 4.78 is 5.45. The summed E-state index contributed by atoms with van der Waals surface area (Å²) in [6.45, 7) is 2.82. The normalized spacial score (nSPS) is 22.2. The van der Waals surface area contributed by atoms with E-state index < -0.39 is 6.10 Å². The average molecular weight is 313 g/mol. The first-order valence-corrected chi connectivity index (χ1v) is 7.88. The molecule has 0 bridgehead atoms. The fraction of sp³-hybridized carbons (Fsp3) is 0.353. The van der Waals surface area contributed by atoms with E-state index in [1.807, 2.05) is 30.5 Å². The van der Waals surface area contributed by atoms with Crippen molar-refractivity contribution in [2.45, 2.75) is 12.5 Å². The summed E-state index contributed by atoms with van der Waals surface area (Å²) >= 11 is 0. The predicted octanol–water partition coefficient (Wildman–Crippen LogP) is 1.46. The van der Waals surface area contributed by atoms with Gasteiger partial charge in [0, 0.05) is 36.8 Å². The molecule has 2 aromatic rings. The molecule has 0 radical (unpaired) electrons. The SMILES string of the molecule is O=C1C(Nc2c[nH]c3ccccc23)=C(N2CCCOCC2)C1O. The summed E-state index contributed by atoms with van der Waals surface area (Å²) in [5.74, 6) is -0.254. The Morgan fingerprint density at radius 3 is 3.04 bits per heavy atom. The molecule has 4 rings (SSSR count). The minimum Gasteiger partial charge on any atom is -0.380 e. The van der Waals surface area contributed by atoms with Crippen LogP contribution in [-0.4, -0.2) is 53.2 Å². The van der Waals surface area contributed by atoms with Crippen molar-refractivity contribution in [3.8, 4) is 0 Å². The lowest BCUT2D eigenvalue weighted by atomic mass is 9.93. The van der Waals surface area contributed by atoms with E-state index in [-0.39, 0.29) is 5.78 Å². The lowest BCUT2D eigenvalue weighted by Gasteiger charge is -2.36. The van der Waals surface area contributed by atoms with Crippen molar-refractivity contribution in [1.29, 1.82) is 0 Å². The van der Waals surface area contributed by atoms with E-state index in [2.05, 4.69) is 15.2 Å². The number of nitrogens with zero attached hydrogens (tertiary/aromatic N) is 1. The van der Waals surface area contributed by atoms with Gasteiger partial charge in [0.05, 0.1) is 18.0 Å². The Morgan fingerprint density at radius 1 is 1.26 bits per heavy atom. The Bertz CT molecular complexity index is 772. The Hall–Kier alpha value is -2.31. The molecular weight excluding hydrogens is 294 g/mol. The standard InChI is InChI=1S/C17H19N3O3/c21-16-14(15(17(16)22)20-6-3-8-23-9-7-20)19-13-10-18-12-5-2-1-4-11(12)13/h1-2,4-5,10,17-19,22H,3,6-9H2. The van der Waals surface area contributed by atoms with E-state index in [0.717, 1.165) is 36.2 Å². The summed E-state index contributed by atoms with van der Waals surface area (Å²) in [4.78, 5) is 17.4. The summed E-state index contributed by atoms with van der Waals surface area (Å²) in [7, 11) is 0. The topological polar surface area (TPSA) is 77.6 Å². The van der Waals surface area contributed by atoms with Crippen LogP contribution in [0.4, 0.5) is 5.69 Å². The third kappa shape index (κ3) is 2.40. The molecule has 1 aliphatic carbocycles. The van der Waals surface area contributed by atoms with Crippen LogP contribution in [0.15, 0.2) is 41.9 Å². The van der Waals surface area contributed by atoms with Crippen LogP contribution < -0.4 is 5.32 Å². The van der Waals surface area contributed by atoms with Gasteiger partial charge < -0.3 is 25.0 Å². The number of ketones is 1. The number of hydrogen-bond donors (Lipinski definition) is 3. The fourth-order valence-electron chi connectivity index (χ4n) is 3.20. The van der Waals surface area contributed by atoms with Crippen LogP contribution in [0, 0.1) is 0 Å². The van der Waals surface area contributed by atoms with Crippen LogP contribution >= 0.6 is 0 Å². The van der Waals surface area contributed by atoms with Gasteiger partial charge in [-0.15, -0.1) is 0 Å². The van der Waals surface area contributed by atoms with Gasteiger partial charge >= 0.3 is 0 Å². The lowest BCUT2D eigenvalue weighted by molar-refractivity contribution is -0.125. The molecule has 0 spiro atoms. The zero-order valence-electron chi connectivity index (χ0n) is 12.7. The molecule has 6 nitrogen and oxygen atoms in total. The molecule has 1 aromatic heterocycles. The third-order valence-corrected chi connectivity index (χ3v) is 4.42. The maximum Gasteiger partial charge on any atom is 0.215 e. The molecular formula is C17H19N3O3. The molecule has 0 amide bonds. The monoisotopic (exact) mass is 313 g/mol. The number of nitrogens with one attached hydrogen (secondary N) is 2. The quantitative estimate of drug-likeness (QED) is 0.799. The minimum absolute atomic E-state index is 0.254. The van der Waals surface area contributed by atoms with Crippen molar-refractivity contribution in [2.24, 2.45) is 0 Å². The first-order chi connectivity index (χ1) is 11.3. The molecule has 1 atom stereocenters. The number of anilines is 1. The zero-order valence-corrected chi connectivity index (χ0v) is 12.7. The van der Waals surface area contributed by atoms with Crippen molar-refractivity contribution in [2.75, 3.05) is 31.6 Å². The first-order valence-electron chi connectivity index (χ1n) is 7.88. The zero-order chi connectivity index (χ0) is 15.8. The van der Waals surface area contributed by atoms with E-state index in [9.17, 15) is 9.90 Å². The minimum atomic E-state index is -1.03. The molecule has 2 aliphatic rings. The Morgan fingerprint density at radius 2 is 2.13 bits per heavy atom. The van der Waals surface area contributed by atoms with Crippen molar-refractivity contribution in [3.05, 3.63) is 41.9 Å². The van der Waals surface area contributed by atoms with Crippen LogP contribution in [0.25, 0.3) is 10.9 Å². The highest BCUT2D eigenvalue weighted by atomic mass is 16.5. The Balaban J connectivity index is 1.66. The maximum absolute atomic E-state index is 12.1. The number of rotatable bonds is 3. The number of hydrogen-bond acceptors (Lipinski definition) is 5. The van der Waals surface area contributed by atoms with Crippen molar-refractivity contribution in [1.82, 2.24) is 9.88 Å². The van der Waals surface area contributed by atoms with Crippen LogP contribution in [-0.2, 0) is 9.53 Å². The van der Waals surface area contributed by atoms with Gasteiger partial charge in [0.25, 0.3) is 0 Å². The fourth-order valence-corrected chi connectivity index (χ4v) is 3.20. The number of aromatic amines is 1. The molecule has 1 saturated heterocycles. The summed E-state index contributed by atoms with van der Waals surface area (Å²) in [6, 6.07) is 7.90. The highest BCUT2D eigenvalue weighted by Crippen LogP contribution is 2.32. The van der Waals surface area contributed by atoms with E-state index in [4.69, 9.17) is 4.74 Å². The van der Waals surface area contributed by atoms with Gasteiger partial charge in [-0.3, -0.25) is 4.79 Å². The summed E-state index contributed by atoms with van der Waals surface area (Å²) in [5.41, 5.74) is 3.03. The Kier molecular flexibility index (Phi) is 3.55. The van der Waals surface area contributed by atoms with Gasteiger partial charge in [0.2, 0.25) is 5.78 Å². The molecule has 1 fully saturated rings. The smallest absolute Gasteiger partial charge is 0.215 e. The Labute approximate surface area is 133 Å².